The molecule has 0 aromatic rings. The average molecular weight is 112 g/mol. The second-order valence-electron chi connectivity index (χ2n) is 1.56. The lowest BCUT2D eigenvalue weighted by Gasteiger charge is -1.98. The Hall–Kier alpha value is -0.560. The summed E-state index contributed by atoms with van der Waals surface area (Å²) in [5.41, 5.74) is 0. The number of allylic oxidation sites excluding steroid dienone is 2. The Balaban J connectivity index is 3.35. The van der Waals surface area contributed by atoms with Crippen LogP contribution in [0.15, 0.2) is 24.8 Å². The molecule has 1 nitrogen and oxygen atoms in total. The molecule has 0 saturated carbocycles. The van der Waals surface area contributed by atoms with E-state index in [1.165, 1.54) is 0 Å². The lowest BCUT2D eigenvalue weighted by molar-refractivity contribution is 0.156. The molecule has 1 atom stereocenters. The Labute approximate surface area is 50.7 Å². The van der Waals surface area contributed by atoms with Gasteiger partial charge in [-0.2, -0.15) is 0 Å². The molecule has 0 bridgehead atoms. The first kappa shape index (κ1) is 7.44. The molecule has 1 heteroatoms. The first-order valence-electron chi connectivity index (χ1n) is 2.63. The molecule has 0 aliphatic heterocycles. The van der Waals surface area contributed by atoms with E-state index in [1.54, 1.807) is 13.2 Å². The lowest BCUT2D eigenvalue weighted by Crippen LogP contribution is -1.97. The van der Waals surface area contributed by atoms with E-state index in [0.29, 0.717) is 0 Å². The summed E-state index contributed by atoms with van der Waals surface area (Å²) < 4.78 is 4.92. The SMILES string of the molecule is C=C/C=C\C(C)OC. The number of hydrogen-bond acceptors (Lipinski definition) is 1. The minimum Gasteiger partial charge on any atom is -0.378 e. The Morgan fingerprint density at radius 1 is 1.62 bits per heavy atom. The fraction of sp³-hybridized carbons (Fsp3) is 0.429. The van der Waals surface area contributed by atoms with Crippen LogP contribution in [0.4, 0.5) is 0 Å². The third-order valence-corrected chi connectivity index (χ3v) is 0.890. The molecule has 0 spiro atoms. The van der Waals surface area contributed by atoms with Crippen molar-refractivity contribution in [1.29, 1.82) is 0 Å². The van der Waals surface area contributed by atoms with Crippen molar-refractivity contribution in [2.75, 3.05) is 7.11 Å². The topological polar surface area (TPSA) is 9.23 Å². The maximum absolute atomic E-state index is 4.92. The third-order valence-electron chi connectivity index (χ3n) is 0.890. The lowest BCUT2D eigenvalue weighted by atomic mass is 10.3. The molecule has 46 valence electrons. The largest absolute Gasteiger partial charge is 0.378 e. The highest BCUT2D eigenvalue weighted by molar-refractivity contribution is 4.99. The summed E-state index contributed by atoms with van der Waals surface area (Å²) in [5.74, 6) is 0. The van der Waals surface area contributed by atoms with E-state index < -0.39 is 0 Å². The molecule has 0 heterocycles. The molecular formula is C7H12O. The van der Waals surface area contributed by atoms with E-state index in [4.69, 9.17) is 4.74 Å². The van der Waals surface area contributed by atoms with Gasteiger partial charge in [-0.05, 0) is 6.92 Å². The van der Waals surface area contributed by atoms with E-state index in [0.717, 1.165) is 0 Å². The van der Waals surface area contributed by atoms with Gasteiger partial charge in [0.2, 0.25) is 0 Å². The highest BCUT2D eigenvalue weighted by Crippen LogP contribution is 1.88. The van der Waals surface area contributed by atoms with Crippen LogP contribution in [-0.4, -0.2) is 13.2 Å². The summed E-state index contributed by atoms with van der Waals surface area (Å²) >= 11 is 0. The quantitative estimate of drug-likeness (QED) is 0.505. The summed E-state index contributed by atoms with van der Waals surface area (Å²) in [5, 5.41) is 0. The van der Waals surface area contributed by atoms with Crippen molar-refractivity contribution in [3.63, 3.8) is 0 Å². The van der Waals surface area contributed by atoms with Gasteiger partial charge >= 0.3 is 0 Å². The summed E-state index contributed by atoms with van der Waals surface area (Å²) in [6.07, 6.45) is 5.74. The van der Waals surface area contributed by atoms with Gasteiger partial charge in [0.25, 0.3) is 0 Å². The van der Waals surface area contributed by atoms with Crippen molar-refractivity contribution in [2.45, 2.75) is 13.0 Å². The Morgan fingerprint density at radius 2 is 2.25 bits per heavy atom. The van der Waals surface area contributed by atoms with Crippen LogP contribution < -0.4 is 0 Å². The third kappa shape index (κ3) is 3.62. The van der Waals surface area contributed by atoms with E-state index in [1.807, 2.05) is 19.1 Å². The van der Waals surface area contributed by atoms with Crippen LogP contribution in [0.25, 0.3) is 0 Å². The van der Waals surface area contributed by atoms with Gasteiger partial charge in [0, 0.05) is 7.11 Å². The molecule has 0 saturated heterocycles. The van der Waals surface area contributed by atoms with E-state index in [9.17, 15) is 0 Å². The normalized spacial score (nSPS) is 14.2. The van der Waals surface area contributed by atoms with Gasteiger partial charge in [-0.3, -0.25) is 0 Å². The molecule has 0 rings (SSSR count). The first-order chi connectivity index (χ1) is 3.81. The zero-order valence-electron chi connectivity index (χ0n) is 5.42. The Morgan fingerprint density at radius 3 is 2.62 bits per heavy atom. The zero-order valence-corrected chi connectivity index (χ0v) is 5.42. The molecule has 8 heavy (non-hydrogen) atoms. The maximum atomic E-state index is 4.92. The maximum Gasteiger partial charge on any atom is 0.0726 e. The van der Waals surface area contributed by atoms with Crippen molar-refractivity contribution >= 4 is 0 Å². The molecule has 0 aromatic carbocycles. The molecule has 0 N–H and O–H groups in total. The van der Waals surface area contributed by atoms with Crippen LogP contribution in [0.3, 0.4) is 0 Å². The van der Waals surface area contributed by atoms with E-state index in [-0.39, 0.29) is 6.10 Å². The molecule has 1 unspecified atom stereocenters. The second-order valence-corrected chi connectivity index (χ2v) is 1.56. The van der Waals surface area contributed by atoms with Crippen LogP contribution in [-0.2, 0) is 4.74 Å². The van der Waals surface area contributed by atoms with Crippen LogP contribution in [0, 0.1) is 0 Å². The van der Waals surface area contributed by atoms with Gasteiger partial charge in [0.15, 0.2) is 0 Å². The molecule has 0 aliphatic rings. The summed E-state index contributed by atoms with van der Waals surface area (Å²) in [6, 6.07) is 0. The standard InChI is InChI=1S/C7H12O/c1-4-5-6-7(2)8-3/h4-7H,1H2,2-3H3/b6-5-. The van der Waals surface area contributed by atoms with Crippen molar-refractivity contribution in [2.24, 2.45) is 0 Å². The van der Waals surface area contributed by atoms with Crippen molar-refractivity contribution in [3.05, 3.63) is 24.8 Å². The van der Waals surface area contributed by atoms with Gasteiger partial charge in [-0.1, -0.05) is 24.8 Å². The number of hydrogen-bond donors (Lipinski definition) is 0. The number of methoxy groups -OCH3 is 1. The van der Waals surface area contributed by atoms with Crippen molar-refractivity contribution < 1.29 is 4.74 Å². The van der Waals surface area contributed by atoms with Gasteiger partial charge in [-0.25, -0.2) is 0 Å². The molecule has 0 aliphatic carbocycles. The minimum absolute atomic E-state index is 0.202. The highest BCUT2D eigenvalue weighted by Gasteiger charge is 1.86. The second kappa shape index (κ2) is 4.60. The predicted octanol–water partition coefficient (Wildman–Crippen LogP) is 1.76. The van der Waals surface area contributed by atoms with Crippen molar-refractivity contribution in [1.82, 2.24) is 0 Å². The molecule has 0 radical (unpaired) electrons. The van der Waals surface area contributed by atoms with Gasteiger partial charge in [0.1, 0.15) is 0 Å². The van der Waals surface area contributed by atoms with Gasteiger partial charge < -0.3 is 4.74 Å². The van der Waals surface area contributed by atoms with E-state index in [2.05, 4.69) is 6.58 Å². The van der Waals surface area contributed by atoms with Crippen LogP contribution >= 0.6 is 0 Å². The highest BCUT2D eigenvalue weighted by atomic mass is 16.5. The Kier molecular flexibility index (Phi) is 4.27. The van der Waals surface area contributed by atoms with Crippen LogP contribution in [0.5, 0.6) is 0 Å². The summed E-state index contributed by atoms with van der Waals surface area (Å²) in [4.78, 5) is 0. The smallest absolute Gasteiger partial charge is 0.0726 e. The number of ether oxygens (including phenoxy) is 1. The summed E-state index contributed by atoms with van der Waals surface area (Å²) in [7, 11) is 1.68. The minimum atomic E-state index is 0.202. The van der Waals surface area contributed by atoms with Crippen LogP contribution in [0.2, 0.25) is 0 Å². The van der Waals surface area contributed by atoms with Gasteiger partial charge in [0.05, 0.1) is 6.10 Å². The fourth-order valence-electron chi connectivity index (χ4n) is 0.314. The molecule has 0 fully saturated rings. The van der Waals surface area contributed by atoms with Gasteiger partial charge in [-0.15, -0.1) is 0 Å². The van der Waals surface area contributed by atoms with E-state index >= 15 is 0 Å². The molecular weight excluding hydrogens is 100 g/mol. The Bertz CT molecular complexity index is 84.4. The predicted molar refractivity (Wildman–Crippen MR) is 35.8 cm³/mol. The average Bonchev–Trinajstić information content (AvgIpc) is 1.83. The van der Waals surface area contributed by atoms with Crippen molar-refractivity contribution in [3.8, 4) is 0 Å². The monoisotopic (exact) mass is 112 g/mol. The summed E-state index contributed by atoms with van der Waals surface area (Å²) in [6.45, 7) is 5.50. The zero-order chi connectivity index (χ0) is 6.41. The van der Waals surface area contributed by atoms with Crippen LogP contribution in [0.1, 0.15) is 6.92 Å². The first-order valence-corrected chi connectivity index (χ1v) is 2.63. The number of rotatable bonds is 3. The molecule has 0 amide bonds. The fourth-order valence-corrected chi connectivity index (χ4v) is 0.314. The molecule has 0 aromatic heterocycles.